The minimum atomic E-state index is -0.191. The Morgan fingerprint density at radius 2 is 2.22 bits per heavy atom. The molecule has 0 amide bonds. The number of aromatic nitrogens is 3. The lowest BCUT2D eigenvalue weighted by Gasteiger charge is -2.38. The van der Waals surface area contributed by atoms with E-state index in [-0.39, 0.29) is 5.60 Å². The van der Waals surface area contributed by atoms with Gasteiger partial charge in [0.05, 0.1) is 4.88 Å². The van der Waals surface area contributed by atoms with Crippen molar-refractivity contribution in [2.45, 2.75) is 24.9 Å². The summed E-state index contributed by atoms with van der Waals surface area (Å²) in [5.74, 6) is 0. The number of pyridine rings is 1. The molecule has 116 valence electrons. The molecule has 0 aromatic carbocycles. The maximum absolute atomic E-state index is 9.24. The van der Waals surface area contributed by atoms with Gasteiger partial charge in [0.15, 0.2) is 0 Å². The minimum Gasteiger partial charge on any atom is -0.371 e. The molecule has 1 aliphatic rings. The lowest BCUT2D eigenvalue weighted by molar-refractivity contribution is -0.0779. The largest absolute Gasteiger partial charge is 0.371 e. The molecule has 0 atom stereocenters. The molecule has 0 N–H and O–H groups in total. The normalized spacial score (nSPS) is 16.2. The highest BCUT2D eigenvalue weighted by atomic mass is 32.1. The number of ether oxygens (including phenoxy) is 1. The fourth-order valence-corrected chi connectivity index (χ4v) is 4.33. The van der Waals surface area contributed by atoms with E-state index < -0.39 is 0 Å². The van der Waals surface area contributed by atoms with Crippen molar-refractivity contribution in [3.63, 3.8) is 0 Å². The van der Waals surface area contributed by atoms with Gasteiger partial charge >= 0.3 is 0 Å². The number of fused-ring (bicyclic) bond motifs is 1. The summed E-state index contributed by atoms with van der Waals surface area (Å²) in [6, 6.07) is 6.09. The van der Waals surface area contributed by atoms with Crippen LogP contribution >= 0.6 is 11.3 Å². The molecule has 0 radical (unpaired) electrons. The maximum atomic E-state index is 9.24. The van der Waals surface area contributed by atoms with Crippen LogP contribution in [0, 0.1) is 11.3 Å². The molecule has 0 bridgehead atoms. The van der Waals surface area contributed by atoms with Gasteiger partial charge < -0.3 is 9.30 Å². The van der Waals surface area contributed by atoms with Crippen LogP contribution in [0.3, 0.4) is 0 Å². The smallest absolute Gasteiger partial charge is 0.141 e. The summed E-state index contributed by atoms with van der Waals surface area (Å²) >= 11 is 1.67. The molecule has 1 aliphatic carbocycles. The van der Waals surface area contributed by atoms with Crippen molar-refractivity contribution in [2.24, 2.45) is 7.05 Å². The molecule has 6 heteroatoms. The van der Waals surface area contributed by atoms with Gasteiger partial charge in [-0.05, 0) is 31.4 Å². The highest BCUT2D eigenvalue weighted by Gasteiger charge is 2.41. The zero-order valence-corrected chi connectivity index (χ0v) is 13.9. The number of hydrogen-bond acceptors (Lipinski definition) is 5. The Morgan fingerprint density at radius 1 is 1.39 bits per heavy atom. The van der Waals surface area contributed by atoms with Crippen molar-refractivity contribution in [2.75, 3.05) is 7.11 Å². The topological polar surface area (TPSA) is 63.7 Å². The third-order valence-electron chi connectivity index (χ3n) is 4.76. The second kappa shape index (κ2) is 5.15. The van der Waals surface area contributed by atoms with Crippen molar-refractivity contribution < 1.29 is 4.74 Å². The van der Waals surface area contributed by atoms with Gasteiger partial charge in [0.1, 0.15) is 28.0 Å². The van der Waals surface area contributed by atoms with Crippen LogP contribution in [0.1, 0.15) is 30.0 Å². The third kappa shape index (κ3) is 2.01. The number of nitriles is 1. The van der Waals surface area contributed by atoms with Crippen molar-refractivity contribution >= 4 is 22.4 Å². The number of methoxy groups -OCH3 is 1. The Morgan fingerprint density at radius 3 is 2.87 bits per heavy atom. The third-order valence-corrected chi connectivity index (χ3v) is 5.97. The predicted octanol–water partition coefficient (Wildman–Crippen LogP) is 3.59. The Balaban J connectivity index is 1.84. The lowest BCUT2D eigenvalue weighted by Crippen LogP contribution is -2.35. The summed E-state index contributed by atoms with van der Waals surface area (Å²) in [4.78, 5) is 10.1. The second-order valence-corrected chi connectivity index (χ2v) is 6.91. The van der Waals surface area contributed by atoms with Crippen molar-refractivity contribution in [1.29, 1.82) is 5.26 Å². The first kappa shape index (κ1) is 14.4. The SMILES string of the molecule is COC1(c2ncc(-c3ccnc4c3cc(C#N)n4C)s2)CCC1. The Bertz CT molecular complexity index is 924. The molecule has 3 aromatic rings. The number of thiazole rings is 1. The van der Waals surface area contributed by atoms with E-state index in [1.165, 1.54) is 6.42 Å². The zero-order chi connectivity index (χ0) is 16.0. The van der Waals surface area contributed by atoms with E-state index in [0.29, 0.717) is 5.69 Å². The van der Waals surface area contributed by atoms with Gasteiger partial charge in [-0.15, -0.1) is 11.3 Å². The van der Waals surface area contributed by atoms with Crippen LogP contribution in [0.5, 0.6) is 0 Å². The monoisotopic (exact) mass is 324 g/mol. The molecular formula is C17H16N4OS. The maximum Gasteiger partial charge on any atom is 0.141 e. The fourth-order valence-electron chi connectivity index (χ4n) is 3.15. The quantitative estimate of drug-likeness (QED) is 0.738. The standard InChI is InChI=1S/C17H16N4OS/c1-21-11(9-18)8-13-12(4-7-19-15(13)21)14-10-20-16(23-14)17(22-2)5-3-6-17/h4,7-8,10H,3,5-6H2,1-2H3. The van der Waals surface area contributed by atoms with E-state index in [1.807, 2.05) is 29.9 Å². The van der Waals surface area contributed by atoms with E-state index >= 15 is 0 Å². The van der Waals surface area contributed by atoms with Crippen LogP contribution in [0.15, 0.2) is 24.5 Å². The molecule has 23 heavy (non-hydrogen) atoms. The van der Waals surface area contributed by atoms with Crippen molar-refractivity contribution in [3.05, 3.63) is 35.2 Å². The van der Waals surface area contributed by atoms with Gasteiger partial charge in [0.25, 0.3) is 0 Å². The summed E-state index contributed by atoms with van der Waals surface area (Å²) in [6.07, 6.45) is 6.95. The van der Waals surface area contributed by atoms with Gasteiger partial charge in [-0.2, -0.15) is 5.26 Å². The highest BCUT2D eigenvalue weighted by molar-refractivity contribution is 7.15. The van der Waals surface area contributed by atoms with E-state index in [1.54, 1.807) is 24.6 Å². The number of hydrogen-bond donors (Lipinski definition) is 0. The minimum absolute atomic E-state index is 0.191. The number of aryl methyl sites for hydroxylation is 1. The lowest BCUT2D eigenvalue weighted by atomic mass is 9.80. The summed E-state index contributed by atoms with van der Waals surface area (Å²) < 4.78 is 7.55. The average Bonchev–Trinajstić information content (AvgIpc) is 3.12. The zero-order valence-electron chi connectivity index (χ0n) is 13.0. The molecule has 4 rings (SSSR count). The molecule has 5 nitrogen and oxygen atoms in total. The van der Waals surface area contributed by atoms with Gasteiger partial charge in [0, 0.05) is 37.5 Å². The molecule has 0 saturated heterocycles. The van der Waals surface area contributed by atoms with Gasteiger partial charge in [-0.1, -0.05) is 0 Å². The van der Waals surface area contributed by atoms with Crippen LogP contribution in [-0.2, 0) is 17.4 Å². The van der Waals surface area contributed by atoms with Crippen LogP contribution in [0.2, 0.25) is 0 Å². The molecule has 0 aliphatic heterocycles. The first-order chi connectivity index (χ1) is 11.2. The summed E-state index contributed by atoms with van der Waals surface area (Å²) in [6.45, 7) is 0. The van der Waals surface area contributed by atoms with E-state index in [4.69, 9.17) is 4.74 Å². The number of rotatable bonds is 3. The molecule has 3 aromatic heterocycles. The predicted molar refractivity (Wildman–Crippen MR) is 89.1 cm³/mol. The summed E-state index contributed by atoms with van der Waals surface area (Å²) in [5.41, 5.74) is 2.31. The molecule has 3 heterocycles. The van der Waals surface area contributed by atoms with Crippen LogP contribution in [-0.4, -0.2) is 21.6 Å². The molecule has 0 spiro atoms. The first-order valence-corrected chi connectivity index (χ1v) is 8.36. The van der Waals surface area contributed by atoms with Crippen LogP contribution < -0.4 is 0 Å². The number of nitrogens with zero attached hydrogens (tertiary/aromatic N) is 4. The van der Waals surface area contributed by atoms with Gasteiger partial charge in [0.2, 0.25) is 0 Å². The van der Waals surface area contributed by atoms with E-state index in [0.717, 1.165) is 39.3 Å². The van der Waals surface area contributed by atoms with Crippen molar-refractivity contribution in [1.82, 2.24) is 14.5 Å². The Labute approximate surface area is 138 Å². The van der Waals surface area contributed by atoms with Crippen LogP contribution in [0.25, 0.3) is 21.5 Å². The molecule has 1 fully saturated rings. The summed E-state index contributed by atoms with van der Waals surface area (Å²) in [7, 11) is 3.63. The van der Waals surface area contributed by atoms with Gasteiger partial charge in [-0.3, -0.25) is 0 Å². The molecule has 1 saturated carbocycles. The molecular weight excluding hydrogens is 308 g/mol. The first-order valence-electron chi connectivity index (χ1n) is 7.55. The van der Waals surface area contributed by atoms with Gasteiger partial charge in [-0.25, -0.2) is 9.97 Å². The van der Waals surface area contributed by atoms with E-state index in [2.05, 4.69) is 16.0 Å². The average molecular weight is 324 g/mol. The summed E-state index contributed by atoms with van der Waals surface area (Å²) in [5, 5.41) is 11.3. The van der Waals surface area contributed by atoms with E-state index in [9.17, 15) is 5.26 Å². The second-order valence-electron chi connectivity index (χ2n) is 5.88. The van der Waals surface area contributed by atoms with Crippen LogP contribution in [0.4, 0.5) is 0 Å². The highest BCUT2D eigenvalue weighted by Crippen LogP contribution is 2.47. The fraction of sp³-hybridized carbons (Fsp3) is 0.353. The van der Waals surface area contributed by atoms with Crippen molar-refractivity contribution in [3.8, 4) is 16.5 Å². The Kier molecular flexibility index (Phi) is 3.22. The Hall–Kier alpha value is -2.23. The molecule has 0 unspecified atom stereocenters.